The summed E-state index contributed by atoms with van der Waals surface area (Å²) < 4.78 is 12.5. The Hall–Kier alpha value is -3.13. The number of pyridine rings is 1. The zero-order valence-corrected chi connectivity index (χ0v) is 22.1. The van der Waals surface area contributed by atoms with E-state index >= 15 is 0 Å². The van der Waals surface area contributed by atoms with E-state index in [2.05, 4.69) is 29.1 Å². The van der Waals surface area contributed by atoms with Crippen LogP contribution in [0.15, 0.2) is 48.8 Å². The first-order valence-electron chi connectivity index (χ1n) is 13.2. The quantitative estimate of drug-likeness (QED) is 0.417. The van der Waals surface area contributed by atoms with Crippen molar-refractivity contribution in [1.82, 2.24) is 19.7 Å². The van der Waals surface area contributed by atoms with Crippen LogP contribution in [0.3, 0.4) is 0 Å². The molecule has 0 N–H and O–H groups in total. The molecule has 37 heavy (non-hydrogen) atoms. The minimum atomic E-state index is 0.0546. The van der Waals surface area contributed by atoms with Crippen molar-refractivity contribution in [3.8, 4) is 5.69 Å². The number of nitrogens with zero attached hydrogens (tertiary/aromatic N) is 4. The van der Waals surface area contributed by atoms with Crippen LogP contribution in [0.4, 0.5) is 0 Å². The number of hydrogen-bond acceptors (Lipinski definition) is 6. The van der Waals surface area contributed by atoms with Crippen molar-refractivity contribution in [2.24, 2.45) is 0 Å². The Balaban J connectivity index is 1.24. The normalized spacial score (nSPS) is 18.6. The molecule has 0 radical (unpaired) electrons. The fourth-order valence-corrected chi connectivity index (χ4v) is 5.50. The Morgan fingerprint density at radius 3 is 2.57 bits per heavy atom. The maximum absolute atomic E-state index is 13.2. The number of allylic oxidation sites excluding steroid dienone is 1. The number of aryl methyl sites for hydroxylation is 1. The lowest BCUT2D eigenvalue weighted by molar-refractivity contribution is 0.0150. The summed E-state index contributed by atoms with van der Waals surface area (Å²) >= 11 is 0. The van der Waals surface area contributed by atoms with Crippen LogP contribution in [-0.2, 0) is 22.5 Å². The molecule has 0 spiro atoms. The second-order valence-electron chi connectivity index (χ2n) is 10.1. The third kappa shape index (κ3) is 5.74. The van der Waals surface area contributed by atoms with E-state index in [0.29, 0.717) is 24.6 Å². The zero-order valence-electron chi connectivity index (χ0n) is 22.1. The second-order valence-corrected chi connectivity index (χ2v) is 10.1. The van der Waals surface area contributed by atoms with Crippen LogP contribution < -0.4 is 0 Å². The van der Waals surface area contributed by atoms with Crippen LogP contribution in [0, 0.1) is 13.8 Å². The fourth-order valence-electron chi connectivity index (χ4n) is 5.50. The van der Waals surface area contributed by atoms with Gasteiger partial charge in [0, 0.05) is 38.9 Å². The summed E-state index contributed by atoms with van der Waals surface area (Å²) in [5, 5.41) is 4.49. The third-order valence-corrected chi connectivity index (χ3v) is 7.55. The summed E-state index contributed by atoms with van der Waals surface area (Å²) in [6.07, 6.45) is 9.48. The maximum atomic E-state index is 13.2. The number of aromatic nitrogens is 3. The first-order valence-corrected chi connectivity index (χ1v) is 13.2. The molecule has 1 aromatic carbocycles. The molecular formula is C30H36N4O3. The van der Waals surface area contributed by atoms with Gasteiger partial charge in [0.1, 0.15) is 0 Å². The van der Waals surface area contributed by atoms with Crippen molar-refractivity contribution in [3.05, 3.63) is 82.4 Å². The lowest BCUT2D eigenvalue weighted by Gasteiger charge is -2.36. The molecule has 1 saturated heterocycles. The number of ketones is 1. The third-order valence-electron chi connectivity index (χ3n) is 7.55. The van der Waals surface area contributed by atoms with Gasteiger partial charge < -0.3 is 9.47 Å². The van der Waals surface area contributed by atoms with Gasteiger partial charge in [0.05, 0.1) is 48.7 Å². The molecule has 1 aliphatic heterocycles. The highest BCUT2D eigenvalue weighted by Crippen LogP contribution is 2.30. The van der Waals surface area contributed by atoms with Gasteiger partial charge in [0.15, 0.2) is 5.78 Å². The fraction of sp³-hybridized carbons (Fsp3) is 0.433. The topological polar surface area (TPSA) is 69.5 Å². The van der Waals surface area contributed by atoms with Crippen molar-refractivity contribution in [2.45, 2.75) is 52.2 Å². The Morgan fingerprint density at radius 1 is 1.11 bits per heavy atom. The highest BCUT2D eigenvalue weighted by atomic mass is 16.5. The summed E-state index contributed by atoms with van der Waals surface area (Å²) in [5.74, 6) is 0.0546. The zero-order chi connectivity index (χ0) is 25.8. The minimum absolute atomic E-state index is 0.0546. The van der Waals surface area contributed by atoms with Crippen LogP contribution in [0.25, 0.3) is 11.3 Å². The van der Waals surface area contributed by atoms with Gasteiger partial charge in [-0.15, -0.1) is 0 Å². The molecule has 3 heterocycles. The number of ether oxygens (including phenoxy) is 2. The van der Waals surface area contributed by atoms with Crippen molar-refractivity contribution < 1.29 is 14.3 Å². The highest BCUT2D eigenvalue weighted by Gasteiger charge is 2.24. The van der Waals surface area contributed by atoms with E-state index in [1.807, 2.05) is 42.1 Å². The molecule has 0 saturated carbocycles. The van der Waals surface area contributed by atoms with Gasteiger partial charge in [0.25, 0.3) is 0 Å². The van der Waals surface area contributed by atoms with Crippen LogP contribution in [0.2, 0.25) is 0 Å². The maximum Gasteiger partial charge on any atom is 0.170 e. The molecule has 7 nitrogen and oxygen atoms in total. The molecule has 2 aromatic heterocycles. The van der Waals surface area contributed by atoms with E-state index < -0.39 is 0 Å². The molecule has 3 aromatic rings. The van der Waals surface area contributed by atoms with Gasteiger partial charge in [0.2, 0.25) is 0 Å². The monoisotopic (exact) mass is 500 g/mol. The Bertz CT molecular complexity index is 1270. The second kappa shape index (κ2) is 11.5. The lowest BCUT2D eigenvalue weighted by Crippen LogP contribution is -2.43. The van der Waals surface area contributed by atoms with E-state index in [-0.39, 0.29) is 5.78 Å². The molecule has 5 rings (SSSR count). The first-order chi connectivity index (χ1) is 18.0. The molecule has 0 amide bonds. The SMILES string of the molecule is COCc1ccc(-n2ncc(C(=O)Cc3cnc(C4=CCC(N5CCOCC5)CC4)c(C)c3)c2C)cc1. The van der Waals surface area contributed by atoms with Crippen LogP contribution >= 0.6 is 0 Å². The molecule has 7 heteroatoms. The molecule has 0 bridgehead atoms. The summed E-state index contributed by atoms with van der Waals surface area (Å²) in [6.45, 7) is 8.37. The standard InChI is InChI=1S/C30H36N4O3/c1-21-16-24(18-31-30(21)25-6-10-26(11-7-25)33-12-14-37-15-13-33)17-29(35)28-19-32-34(22(28)2)27-8-4-23(5-9-27)20-36-3/h4-6,8-9,16,18-19,26H,7,10-15,17,20H2,1-3H3. The predicted molar refractivity (Wildman–Crippen MR) is 144 cm³/mol. The number of rotatable bonds is 8. The Morgan fingerprint density at radius 2 is 1.89 bits per heavy atom. The Kier molecular flexibility index (Phi) is 7.93. The number of carbonyl (C=O) groups is 1. The molecule has 194 valence electrons. The van der Waals surface area contributed by atoms with E-state index in [1.165, 1.54) is 5.57 Å². The van der Waals surface area contributed by atoms with Gasteiger partial charge in [-0.3, -0.25) is 14.7 Å². The van der Waals surface area contributed by atoms with Crippen molar-refractivity contribution in [1.29, 1.82) is 0 Å². The number of morpholine rings is 1. The lowest BCUT2D eigenvalue weighted by atomic mass is 9.90. The summed E-state index contributed by atoms with van der Waals surface area (Å²) in [6, 6.07) is 10.8. The number of carbonyl (C=O) groups excluding carboxylic acids is 1. The summed E-state index contributed by atoms with van der Waals surface area (Å²) in [7, 11) is 1.68. The number of methoxy groups -OCH3 is 1. The molecule has 2 aliphatic rings. The van der Waals surface area contributed by atoms with Crippen LogP contribution in [-0.4, -0.2) is 64.9 Å². The summed E-state index contributed by atoms with van der Waals surface area (Å²) in [5.41, 5.74) is 7.97. The molecule has 1 fully saturated rings. The highest BCUT2D eigenvalue weighted by molar-refractivity contribution is 5.98. The number of Topliss-reactive ketones (excluding diaryl/α,β-unsaturated/α-hetero) is 1. The van der Waals surface area contributed by atoms with E-state index in [9.17, 15) is 4.79 Å². The van der Waals surface area contributed by atoms with Gasteiger partial charge >= 0.3 is 0 Å². The van der Waals surface area contributed by atoms with Crippen molar-refractivity contribution >= 4 is 11.4 Å². The summed E-state index contributed by atoms with van der Waals surface area (Å²) in [4.78, 5) is 20.5. The van der Waals surface area contributed by atoms with Crippen molar-refractivity contribution in [2.75, 3.05) is 33.4 Å². The first kappa shape index (κ1) is 25.5. The molecule has 1 unspecified atom stereocenters. The van der Waals surface area contributed by atoms with Gasteiger partial charge in [-0.1, -0.05) is 24.3 Å². The molecular weight excluding hydrogens is 464 g/mol. The van der Waals surface area contributed by atoms with Gasteiger partial charge in [-0.05, 0) is 67.5 Å². The van der Waals surface area contributed by atoms with E-state index in [4.69, 9.17) is 14.5 Å². The minimum Gasteiger partial charge on any atom is -0.380 e. The van der Waals surface area contributed by atoms with Crippen LogP contribution in [0.1, 0.15) is 57.7 Å². The smallest absolute Gasteiger partial charge is 0.170 e. The van der Waals surface area contributed by atoms with Crippen LogP contribution in [0.5, 0.6) is 0 Å². The average molecular weight is 501 g/mol. The van der Waals surface area contributed by atoms with E-state index in [1.54, 1.807) is 13.3 Å². The number of hydrogen-bond donors (Lipinski definition) is 0. The Labute approximate surface area is 219 Å². The molecule has 1 aliphatic carbocycles. The van der Waals surface area contributed by atoms with E-state index in [0.717, 1.165) is 79.3 Å². The predicted octanol–water partition coefficient (Wildman–Crippen LogP) is 4.72. The largest absolute Gasteiger partial charge is 0.380 e. The average Bonchev–Trinajstić information content (AvgIpc) is 3.31. The number of benzene rings is 1. The van der Waals surface area contributed by atoms with Crippen molar-refractivity contribution in [3.63, 3.8) is 0 Å². The molecule has 1 atom stereocenters. The van der Waals surface area contributed by atoms with Gasteiger partial charge in [-0.25, -0.2) is 4.68 Å². The van der Waals surface area contributed by atoms with Gasteiger partial charge in [-0.2, -0.15) is 5.10 Å².